The van der Waals surface area contributed by atoms with Gasteiger partial charge in [0.1, 0.15) is 29.4 Å². The van der Waals surface area contributed by atoms with Gasteiger partial charge in [-0.05, 0) is 54.3 Å². The summed E-state index contributed by atoms with van der Waals surface area (Å²) in [4.78, 5) is 13.4. The number of hydrogen-bond donors (Lipinski definition) is 1. The van der Waals surface area contributed by atoms with Crippen LogP contribution in [-0.2, 0) is 16.8 Å². The van der Waals surface area contributed by atoms with Crippen LogP contribution in [0.3, 0.4) is 0 Å². The van der Waals surface area contributed by atoms with Gasteiger partial charge in [0.2, 0.25) is 0 Å². The third-order valence-electron chi connectivity index (χ3n) is 7.76. The van der Waals surface area contributed by atoms with Gasteiger partial charge in [-0.15, -0.1) is 0 Å². The highest BCUT2D eigenvalue weighted by molar-refractivity contribution is 7.86. The average Bonchev–Trinajstić information content (AvgIpc) is 3.31. The largest absolute Gasteiger partial charge is 0.497 e. The predicted molar refractivity (Wildman–Crippen MR) is 161 cm³/mol. The molecule has 0 atom stereocenters. The minimum Gasteiger partial charge on any atom is -0.497 e. The van der Waals surface area contributed by atoms with Crippen molar-refractivity contribution in [2.45, 2.75) is 25.4 Å². The first-order valence-corrected chi connectivity index (χ1v) is 15.1. The lowest BCUT2D eigenvalue weighted by Crippen LogP contribution is -2.46. The fraction of sp³-hybridized carbons (Fsp3) is 0.300. The molecule has 1 aliphatic rings. The van der Waals surface area contributed by atoms with Crippen molar-refractivity contribution in [3.05, 3.63) is 78.6 Å². The van der Waals surface area contributed by atoms with Crippen LogP contribution in [0.15, 0.2) is 67.3 Å². The highest BCUT2D eigenvalue weighted by Crippen LogP contribution is 2.36. The summed E-state index contributed by atoms with van der Waals surface area (Å²) >= 11 is 0. The number of anilines is 1. The van der Waals surface area contributed by atoms with E-state index in [9.17, 15) is 12.8 Å². The molecule has 0 aliphatic carbocycles. The molecule has 1 aliphatic heterocycles. The van der Waals surface area contributed by atoms with Gasteiger partial charge in [-0.2, -0.15) is 17.0 Å². The van der Waals surface area contributed by atoms with E-state index in [1.165, 1.54) is 20.9 Å². The molecule has 1 fully saturated rings. The Labute approximate surface area is 244 Å². The summed E-state index contributed by atoms with van der Waals surface area (Å²) in [5.41, 5.74) is 4.31. The van der Waals surface area contributed by atoms with Crippen LogP contribution in [0.5, 0.6) is 5.75 Å². The number of benzene rings is 2. The number of hydrogen-bond acceptors (Lipinski definition) is 7. The van der Waals surface area contributed by atoms with Crippen LogP contribution in [0.4, 0.5) is 10.2 Å². The van der Waals surface area contributed by atoms with Gasteiger partial charge in [-0.3, -0.25) is 4.98 Å². The van der Waals surface area contributed by atoms with Crippen molar-refractivity contribution in [2.24, 2.45) is 0 Å². The predicted octanol–water partition coefficient (Wildman–Crippen LogP) is 4.53. The molecular weight excluding hydrogens is 557 g/mol. The highest BCUT2D eigenvalue weighted by Gasteiger charge is 2.30. The van der Waals surface area contributed by atoms with Crippen LogP contribution in [0.25, 0.3) is 33.1 Å². The molecule has 10 nitrogen and oxygen atoms in total. The Morgan fingerprint density at radius 2 is 1.79 bits per heavy atom. The van der Waals surface area contributed by atoms with Crippen LogP contribution in [-0.4, -0.2) is 76.9 Å². The molecule has 218 valence electrons. The van der Waals surface area contributed by atoms with Crippen molar-refractivity contribution in [1.29, 1.82) is 0 Å². The van der Waals surface area contributed by atoms with Gasteiger partial charge in [0.05, 0.1) is 24.2 Å². The van der Waals surface area contributed by atoms with E-state index in [0.29, 0.717) is 43.9 Å². The molecule has 0 saturated carbocycles. The monoisotopic (exact) mass is 589 g/mol. The van der Waals surface area contributed by atoms with Crippen molar-refractivity contribution in [3.8, 4) is 16.9 Å². The zero-order chi connectivity index (χ0) is 29.4. The lowest BCUT2D eigenvalue weighted by molar-refractivity contribution is 0.311. The molecule has 0 bridgehead atoms. The SMILES string of the molecule is COc1ccc(Cn2c3ccc(-c4cncc(F)c4)cc3c3c(NC4CCN(S(=O)(=O)N(C)C)CC4)ncnc32)cc1. The molecule has 0 spiro atoms. The summed E-state index contributed by atoms with van der Waals surface area (Å²) in [7, 11) is 1.29. The van der Waals surface area contributed by atoms with Crippen molar-refractivity contribution < 1.29 is 17.5 Å². The van der Waals surface area contributed by atoms with Crippen LogP contribution < -0.4 is 10.1 Å². The molecule has 1 N–H and O–H groups in total. The van der Waals surface area contributed by atoms with Gasteiger partial charge >= 0.3 is 0 Å². The minimum atomic E-state index is -3.45. The third kappa shape index (κ3) is 5.28. The Balaban J connectivity index is 1.41. The minimum absolute atomic E-state index is 0.0345. The maximum Gasteiger partial charge on any atom is 0.281 e. The lowest BCUT2D eigenvalue weighted by atomic mass is 10.0. The van der Waals surface area contributed by atoms with Crippen molar-refractivity contribution >= 4 is 38.0 Å². The van der Waals surface area contributed by atoms with Crippen molar-refractivity contribution in [1.82, 2.24) is 28.1 Å². The second kappa shape index (κ2) is 11.3. The number of aromatic nitrogens is 4. The van der Waals surface area contributed by atoms with Crippen LogP contribution in [0.1, 0.15) is 18.4 Å². The first-order chi connectivity index (χ1) is 20.2. The average molecular weight is 590 g/mol. The number of fused-ring (bicyclic) bond motifs is 3. The van der Waals surface area contributed by atoms with Gasteiger partial charge in [-0.1, -0.05) is 18.2 Å². The van der Waals surface area contributed by atoms with Gasteiger partial charge in [0.25, 0.3) is 10.2 Å². The number of ether oxygens (including phenoxy) is 1. The molecule has 5 aromatic rings. The quantitative estimate of drug-likeness (QED) is 0.284. The van der Waals surface area contributed by atoms with E-state index < -0.39 is 16.0 Å². The van der Waals surface area contributed by atoms with Gasteiger partial charge in [-0.25, -0.2) is 14.4 Å². The molecule has 2 aromatic carbocycles. The van der Waals surface area contributed by atoms with E-state index >= 15 is 0 Å². The normalized spacial score (nSPS) is 15.1. The molecule has 3 aromatic heterocycles. The van der Waals surface area contributed by atoms with E-state index in [2.05, 4.69) is 19.9 Å². The van der Waals surface area contributed by atoms with Crippen LogP contribution in [0.2, 0.25) is 0 Å². The Kier molecular flexibility index (Phi) is 7.52. The van der Waals surface area contributed by atoms with Crippen LogP contribution >= 0.6 is 0 Å². The van der Waals surface area contributed by atoms with E-state index in [0.717, 1.165) is 38.8 Å². The summed E-state index contributed by atoms with van der Waals surface area (Å²) in [5.74, 6) is 1.07. The standard InChI is InChI=1S/C30H32FN7O3S/c1-36(2)42(39,40)37-12-10-24(11-13-37)35-29-28-26-15-21(22-14-23(31)17-32-16-22)6-9-27(26)38(30(28)34-19-33-29)18-20-4-7-25(41-3)8-5-20/h4-9,14-17,19,24H,10-13,18H2,1-3H3,(H,33,34,35). The molecular formula is C30H32FN7O3S. The lowest BCUT2D eigenvalue weighted by Gasteiger charge is -2.33. The summed E-state index contributed by atoms with van der Waals surface area (Å²) in [6, 6.07) is 15.4. The smallest absolute Gasteiger partial charge is 0.281 e. The van der Waals surface area contributed by atoms with E-state index in [1.54, 1.807) is 33.7 Å². The molecule has 0 amide bonds. The molecule has 42 heavy (non-hydrogen) atoms. The fourth-order valence-corrected chi connectivity index (χ4v) is 6.64. The number of piperidine rings is 1. The van der Waals surface area contributed by atoms with Crippen molar-refractivity contribution in [2.75, 3.05) is 39.6 Å². The maximum absolute atomic E-state index is 14.0. The van der Waals surface area contributed by atoms with E-state index in [4.69, 9.17) is 9.72 Å². The molecule has 1 saturated heterocycles. The van der Waals surface area contributed by atoms with Gasteiger partial charge in [0, 0.05) is 56.9 Å². The molecule has 12 heteroatoms. The fourth-order valence-electron chi connectivity index (χ4n) is 5.50. The number of methoxy groups -OCH3 is 1. The molecule has 4 heterocycles. The Morgan fingerprint density at radius 1 is 1.02 bits per heavy atom. The number of nitrogens with zero attached hydrogens (tertiary/aromatic N) is 6. The zero-order valence-corrected chi connectivity index (χ0v) is 24.5. The maximum atomic E-state index is 14.0. The molecule has 0 unspecified atom stereocenters. The number of nitrogens with one attached hydrogen (secondary N) is 1. The van der Waals surface area contributed by atoms with E-state index in [1.807, 2.05) is 42.5 Å². The van der Waals surface area contributed by atoms with Crippen molar-refractivity contribution in [3.63, 3.8) is 0 Å². The van der Waals surface area contributed by atoms with Crippen LogP contribution in [0, 0.1) is 5.82 Å². The number of pyridine rings is 1. The second-order valence-corrected chi connectivity index (χ2v) is 12.7. The third-order valence-corrected chi connectivity index (χ3v) is 9.70. The number of rotatable bonds is 8. The summed E-state index contributed by atoms with van der Waals surface area (Å²) in [6.07, 6.45) is 5.67. The number of halogens is 1. The second-order valence-electron chi connectivity index (χ2n) is 10.6. The summed E-state index contributed by atoms with van der Waals surface area (Å²) < 4.78 is 49.5. The Hall–Kier alpha value is -4.13. The first-order valence-electron chi connectivity index (χ1n) is 13.7. The summed E-state index contributed by atoms with van der Waals surface area (Å²) in [6.45, 7) is 1.41. The molecule has 0 radical (unpaired) electrons. The topological polar surface area (TPSA) is 105 Å². The molecule has 6 rings (SSSR count). The first kappa shape index (κ1) is 28.0. The zero-order valence-electron chi connectivity index (χ0n) is 23.7. The van der Waals surface area contributed by atoms with Gasteiger partial charge in [0.15, 0.2) is 0 Å². The Bertz CT molecular complexity index is 1850. The Morgan fingerprint density at radius 3 is 2.48 bits per heavy atom. The summed E-state index contributed by atoms with van der Waals surface area (Å²) in [5, 5.41) is 5.37. The van der Waals surface area contributed by atoms with E-state index in [-0.39, 0.29) is 6.04 Å². The highest BCUT2D eigenvalue weighted by atomic mass is 32.2. The van der Waals surface area contributed by atoms with Gasteiger partial charge < -0.3 is 14.6 Å².